The quantitative estimate of drug-likeness (QED) is 0.609. The molecule has 27 heavy (non-hydrogen) atoms. The van der Waals surface area contributed by atoms with E-state index >= 15 is 0 Å². The summed E-state index contributed by atoms with van der Waals surface area (Å²) in [5.41, 5.74) is 6.10. The maximum atomic E-state index is 10.2. The van der Waals surface area contributed by atoms with Gasteiger partial charge in [0.1, 0.15) is 11.5 Å². The molecule has 0 spiro atoms. The Labute approximate surface area is 162 Å². The van der Waals surface area contributed by atoms with Crippen molar-refractivity contribution >= 4 is 33.3 Å². The molecule has 3 aromatic heterocycles. The van der Waals surface area contributed by atoms with Crippen LogP contribution in [0.25, 0.3) is 16.3 Å². The molecule has 5 nitrogen and oxygen atoms in total. The Balaban J connectivity index is 1.71. The second-order valence-electron chi connectivity index (χ2n) is 7.42. The third-order valence-electron chi connectivity index (χ3n) is 4.64. The Bertz CT molecular complexity index is 1080. The molecule has 140 valence electrons. The van der Waals surface area contributed by atoms with Gasteiger partial charge in [-0.25, -0.2) is 4.99 Å². The molecule has 0 bridgehead atoms. The van der Waals surface area contributed by atoms with E-state index in [4.69, 9.17) is 9.73 Å². The average Bonchev–Trinajstić information content (AvgIpc) is 3.29. The molecular formula is C21H23N3O2S. The van der Waals surface area contributed by atoms with E-state index in [1.807, 2.05) is 25.1 Å². The lowest BCUT2D eigenvalue weighted by Crippen LogP contribution is -2.12. The van der Waals surface area contributed by atoms with Gasteiger partial charge < -0.3 is 19.8 Å². The summed E-state index contributed by atoms with van der Waals surface area (Å²) in [6, 6.07) is 6.19. The van der Waals surface area contributed by atoms with Gasteiger partial charge in [-0.3, -0.25) is 0 Å². The van der Waals surface area contributed by atoms with Crippen molar-refractivity contribution in [2.45, 2.75) is 33.3 Å². The fourth-order valence-corrected chi connectivity index (χ4v) is 4.28. The molecule has 0 unspecified atom stereocenters. The number of hydrogen-bond donors (Lipinski definition) is 3. The van der Waals surface area contributed by atoms with Crippen LogP contribution in [0.15, 0.2) is 40.7 Å². The van der Waals surface area contributed by atoms with Crippen molar-refractivity contribution in [2.24, 2.45) is 4.99 Å². The summed E-state index contributed by atoms with van der Waals surface area (Å²) in [6.45, 7) is 7.72. The Morgan fingerprint density at radius 2 is 1.96 bits per heavy atom. The molecule has 6 heteroatoms. The zero-order chi connectivity index (χ0) is 19.3. The predicted octanol–water partition coefficient (Wildman–Crippen LogP) is 4.78. The van der Waals surface area contributed by atoms with Crippen LogP contribution in [0.4, 0.5) is 0 Å². The number of nitrogens with one attached hydrogen (secondary N) is 2. The SMILES string of the molecule is COC1=CC(c2cc3sc(C(C)(C)O)cc3[nH]2)=N/C1=C\c1[nH]c(C)cc1C. The zero-order valence-electron chi connectivity index (χ0n) is 16.1. The number of aromatic amines is 2. The summed E-state index contributed by atoms with van der Waals surface area (Å²) in [5.74, 6) is 0.742. The van der Waals surface area contributed by atoms with Crippen molar-refractivity contribution in [1.29, 1.82) is 0 Å². The molecule has 0 atom stereocenters. The van der Waals surface area contributed by atoms with Gasteiger partial charge in [0.2, 0.25) is 0 Å². The molecule has 0 aliphatic carbocycles. The molecule has 0 aromatic carbocycles. The van der Waals surface area contributed by atoms with Crippen molar-refractivity contribution in [3.8, 4) is 0 Å². The van der Waals surface area contributed by atoms with Crippen LogP contribution in [0.3, 0.4) is 0 Å². The standard InChI is InChI=1S/C21H23N3O2S/c1-11-6-12(2)22-13(11)7-16-18(26-5)8-14(23-16)15-9-19-17(24-15)10-20(27-19)21(3,4)25/h6-10,22,24-25H,1-5H3/b16-7-. The number of aryl methyl sites for hydroxylation is 2. The van der Waals surface area contributed by atoms with Crippen molar-refractivity contribution in [3.05, 3.63) is 63.3 Å². The number of hydrogen-bond acceptors (Lipinski definition) is 4. The van der Waals surface area contributed by atoms with Crippen molar-refractivity contribution in [1.82, 2.24) is 9.97 Å². The van der Waals surface area contributed by atoms with E-state index in [0.29, 0.717) is 0 Å². The Morgan fingerprint density at radius 3 is 2.56 bits per heavy atom. The van der Waals surface area contributed by atoms with E-state index in [9.17, 15) is 5.11 Å². The average molecular weight is 382 g/mol. The number of nitrogens with zero attached hydrogens (tertiary/aromatic N) is 1. The summed E-state index contributed by atoms with van der Waals surface area (Å²) in [4.78, 5) is 12.5. The number of rotatable bonds is 4. The Morgan fingerprint density at radius 1 is 1.19 bits per heavy atom. The number of methoxy groups -OCH3 is 1. The van der Waals surface area contributed by atoms with Crippen LogP contribution in [-0.2, 0) is 10.3 Å². The topological polar surface area (TPSA) is 73.4 Å². The number of ether oxygens (including phenoxy) is 1. The van der Waals surface area contributed by atoms with E-state index in [2.05, 4.69) is 29.0 Å². The van der Waals surface area contributed by atoms with Gasteiger partial charge in [0, 0.05) is 22.3 Å². The molecule has 4 heterocycles. The first-order valence-corrected chi connectivity index (χ1v) is 9.64. The van der Waals surface area contributed by atoms with Gasteiger partial charge in [-0.1, -0.05) is 0 Å². The number of thiophene rings is 1. The van der Waals surface area contributed by atoms with Gasteiger partial charge in [0.15, 0.2) is 0 Å². The summed E-state index contributed by atoms with van der Waals surface area (Å²) >= 11 is 1.59. The molecule has 1 aliphatic heterocycles. The number of H-pyrrole nitrogens is 2. The second-order valence-corrected chi connectivity index (χ2v) is 8.50. The van der Waals surface area contributed by atoms with Crippen LogP contribution in [-0.4, -0.2) is 27.9 Å². The Hall–Kier alpha value is -2.57. The monoisotopic (exact) mass is 381 g/mol. The van der Waals surface area contributed by atoms with E-state index in [1.54, 1.807) is 32.3 Å². The van der Waals surface area contributed by atoms with Crippen LogP contribution < -0.4 is 0 Å². The van der Waals surface area contributed by atoms with E-state index in [-0.39, 0.29) is 0 Å². The summed E-state index contributed by atoms with van der Waals surface area (Å²) in [6.07, 6.45) is 3.96. The summed E-state index contributed by atoms with van der Waals surface area (Å²) < 4.78 is 6.64. The van der Waals surface area contributed by atoms with Gasteiger partial charge in [-0.05, 0) is 57.5 Å². The van der Waals surface area contributed by atoms with Crippen LogP contribution in [0.1, 0.15) is 41.4 Å². The fraction of sp³-hybridized carbons (Fsp3) is 0.286. The van der Waals surface area contributed by atoms with Crippen LogP contribution in [0.5, 0.6) is 0 Å². The highest BCUT2D eigenvalue weighted by molar-refractivity contribution is 7.19. The first-order chi connectivity index (χ1) is 12.7. The van der Waals surface area contributed by atoms with E-state index in [0.717, 1.165) is 49.3 Å². The zero-order valence-corrected chi connectivity index (χ0v) is 16.9. The maximum Gasteiger partial charge on any atom is 0.146 e. The largest absolute Gasteiger partial charge is 0.494 e. The van der Waals surface area contributed by atoms with Gasteiger partial charge in [-0.15, -0.1) is 11.3 Å². The van der Waals surface area contributed by atoms with Crippen LogP contribution >= 0.6 is 11.3 Å². The molecule has 0 amide bonds. The molecule has 0 fully saturated rings. The van der Waals surface area contributed by atoms with Crippen LogP contribution in [0.2, 0.25) is 0 Å². The maximum absolute atomic E-state index is 10.2. The molecular weight excluding hydrogens is 358 g/mol. The number of allylic oxidation sites excluding steroid dienone is 1. The molecule has 4 rings (SSSR count). The number of fused-ring (bicyclic) bond motifs is 1. The highest BCUT2D eigenvalue weighted by atomic mass is 32.1. The van der Waals surface area contributed by atoms with E-state index < -0.39 is 5.60 Å². The third-order valence-corrected chi connectivity index (χ3v) is 6.03. The summed E-state index contributed by atoms with van der Waals surface area (Å²) in [7, 11) is 1.66. The van der Waals surface area contributed by atoms with Gasteiger partial charge in [0.25, 0.3) is 0 Å². The van der Waals surface area contributed by atoms with Gasteiger partial charge >= 0.3 is 0 Å². The van der Waals surface area contributed by atoms with E-state index in [1.165, 1.54) is 5.56 Å². The third kappa shape index (κ3) is 3.26. The smallest absolute Gasteiger partial charge is 0.146 e. The van der Waals surface area contributed by atoms with Crippen molar-refractivity contribution in [3.63, 3.8) is 0 Å². The molecule has 0 radical (unpaired) electrons. The number of aliphatic hydroxyl groups is 1. The highest BCUT2D eigenvalue weighted by Crippen LogP contribution is 2.34. The predicted molar refractivity (Wildman–Crippen MR) is 111 cm³/mol. The minimum absolute atomic E-state index is 0.742. The molecule has 3 aromatic rings. The minimum Gasteiger partial charge on any atom is -0.494 e. The van der Waals surface area contributed by atoms with Crippen molar-refractivity contribution < 1.29 is 9.84 Å². The lowest BCUT2D eigenvalue weighted by Gasteiger charge is -2.13. The van der Waals surface area contributed by atoms with Crippen LogP contribution in [0, 0.1) is 13.8 Å². The summed E-state index contributed by atoms with van der Waals surface area (Å²) in [5, 5.41) is 10.2. The molecule has 3 N–H and O–H groups in total. The lowest BCUT2D eigenvalue weighted by molar-refractivity contribution is 0.0826. The number of aromatic nitrogens is 2. The van der Waals surface area contributed by atoms with Gasteiger partial charge in [-0.2, -0.15) is 0 Å². The second kappa shape index (κ2) is 6.25. The highest BCUT2D eigenvalue weighted by Gasteiger charge is 2.22. The normalized spacial score (nSPS) is 16.3. The first-order valence-electron chi connectivity index (χ1n) is 8.83. The van der Waals surface area contributed by atoms with Crippen molar-refractivity contribution in [2.75, 3.05) is 7.11 Å². The fourth-order valence-electron chi connectivity index (χ4n) is 3.22. The first kappa shape index (κ1) is 17.8. The molecule has 0 saturated carbocycles. The number of aliphatic imine (C=N–C) groups is 1. The molecule has 1 aliphatic rings. The Kier molecular flexibility index (Phi) is 4.13. The minimum atomic E-state index is -0.833. The molecule has 0 saturated heterocycles. The van der Waals surface area contributed by atoms with Gasteiger partial charge in [0.05, 0.1) is 34.3 Å². The lowest BCUT2D eigenvalue weighted by atomic mass is 10.1.